The van der Waals surface area contributed by atoms with E-state index in [1.54, 1.807) is 0 Å². The lowest BCUT2D eigenvalue weighted by Gasteiger charge is -2.38. The van der Waals surface area contributed by atoms with E-state index >= 15 is 0 Å². The van der Waals surface area contributed by atoms with Gasteiger partial charge in [0.15, 0.2) is 9.84 Å². The van der Waals surface area contributed by atoms with Crippen LogP contribution in [0, 0.1) is 0 Å². The van der Waals surface area contributed by atoms with Crippen LogP contribution >= 0.6 is 0 Å². The molecule has 1 fully saturated rings. The Morgan fingerprint density at radius 1 is 1.53 bits per heavy atom. The van der Waals surface area contributed by atoms with Gasteiger partial charge in [0.2, 0.25) is 0 Å². The zero-order valence-electron chi connectivity index (χ0n) is 9.65. The minimum atomic E-state index is -2.80. The molecule has 1 heterocycles. The topological polar surface area (TPSA) is 63.4 Å². The van der Waals surface area contributed by atoms with E-state index in [4.69, 9.17) is 5.73 Å². The number of rotatable bonds is 4. The van der Waals surface area contributed by atoms with Gasteiger partial charge in [-0.05, 0) is 13.3 Å². The first kappa shape index (κ1) is 12.9. The summed E-state index contributed by atoms with van der Waals surface area (Å²) >= 11 is 0. The van der Waals surface area contributed by atoms with Crippen LogP contribution in [0.1, 0.15) is 26.7 Å². The summed E-state index contributed by atoms with van der Waals surface area (Å²) in [7, 11) is -2.80. The Morgan fingerprint density at radius 2 is 2.20 bits per heavy atom. The summed E-state index contributed by atoms with van der Waals surface area (Å²) < 4.78 is 22.8. The van der Waals surface area contributed by atoms with Crippen molar-refractivity contribution < 1.29 is 8.42 Å². The van der Waals surface area contributed by atoms with Crippen LogP contribution in [0.25, 0.3) is 0 Å². The minimum Gasteiger partial charge on any atom is -0.329 e. The maximum absolute atomic E-state index is 11.4. The van der Waals surface area contributed by atoms with Gasteiger partial charge in [-0.15, -0.1) is 0 Å². The average Bonchev–Trinajstić information content (AvgIpc) is 2.14. The fraction of sp³-hybridized carbons (Fsp3) is 1.00. The van der Waals surface area contributed by atoms with Crippen molar-refractivity contribution in [3.8, 4) is 0 Å². The van der Waals surface area contributed by atoms with Gasteiger partial charge in [-0.3, -0.25) is 4.90 Å². The van der Waals surface area contributed by atoms with Crippen LogP contribution in [0.4, 0.5) is 0 Å². The Hall–Kier alpha value is -0.130. The summed E-state index contributed by atoms with van der Waals surface area (Å²) in [4.78, 5) is 2.25. The van der Waals surface area contributed by atoms with Crippen molar-refractivity contribution in [2.75, 3.05) is 24.6 Å². The van der Waals surface area contributed by atoms with Crippen LogP contribution < -0.4 is 5.73 Å². The van der Waals surface area contributed by atoms with E-state index in [1.165, 1.54) is 0 Å². The van der Waals surface area contributed by atoms with Crippen molar-refractivity contribution in [3.05, 3.63) is 0 Å². The fourth-order valence-electron chi connectivity index (χ4n) is 2.31. The number of hydrogen-bond donors (Lipinski definition) is 1. The zero-order chi connectivity index (χ0) is 11.5. The van der Waals surface area contributed by atoms with E-state index in [9.17, 15) is 8.42 Å². The highest BCUT2D eigenvalue weighted by Gasteiger charge is 2.31. The molecule has 0 spiro atoms. The highest BCUT2D eigenvalue weighted by Crippen LogP contribution is 2.16. The second kappa shape index (κ2) is 5.27. The molecule has 5 heteroatoms. The first-order valence-corrected chi connectivity index (χ1v) is 7.48. The highest BCUT2D eigenvalue weighted by molar-refractivity contribution is 7.91. The second-order valence-electron chi connectivity index (χ2n) is 4.38. The Kier molecular flexibility index (Phi) is 4.55. The van der Waals surface area contributed by atoms with E-state index in [1.807, 2.05) is 6.92 Å². The lowest BCUT2D eigenvalue weighted by atomic mass is 10.1. The van der Waals surface area contributed by atoms with Crippen molar-refractivity contribution >= 4 is 9.84 Å². The molecule has 1 rings (SSSR count). The van der Waals surface area contributed by atoms with Gasteiger partial charge in [-0.1, -0.05) is 13.3 Å². The van der Waals surface area contributed by atoms with Crippen LogP contribution in [0.15, 0.2) is 0 Å². The van der Waals surface area contributed by atoms with Crippen LogP contribution in [0.3, 0.4) is 0 Å². The third kappa shape index (κ3) is 3.43. The maximum atomic E-state index is 11.4. The predicted octanol–water partition coefficient (Wildman–Crippen LogP) is 0.233. The molecule has 0 aromatic rings. The normalized spacial score (nSPS) is 28.9. The monoisotopic (exact) mass is 234 g/mol. The zero-order valence-corrected chi connectivity index (χ0v) is 10.5. The third-order valence-electron chi connectivity index (χ3n) is 3.08. The first-order valence-electron chi connectivity index (χ1n) is 5.66. The van der Waals surface area contributed by atoms with Gasteiger partial charge in [-0.25, -0.2) is 8.42 Å². The minimum absolute atomic E-state index is 0.115. The molecule has 0 radical (unpaired) electrons. The van der Waals surface area contributed by atoms with E-state index in [2.05, 4.69) is 11.8 Å². The lowest BCUT2D eigenvalue weighted by Crippen LogP contribution is -2.53. The van der Waals surface area contributed by atoms with E-state index in [0.717, 1.165) is 12.8 Å². The molecule has 1 saturated heterocycles. The number of nitrogens with zero attached hydrogens (tertiary/aromatic N) is 1. The summed E-state index contributed by atoms with van der Waals surface area (Å²) in [6, 6.07) is 0.462. The second-order valence-corrected chi connectivity index (χ2v) is 6.61. The first-order chi connectivity index (χ1) is 7.00. The summed E-state index contributed by atoms with van der Waals surface area (Å²) in [5.41, 5.74) is 5.73. The van der Waals surface area contributed by atoms with Crippen LogP contribution in [-0.4, -0.2) is 50.0 Å². The van der Waals surface area contributed by atoms with Gasteiger partial charge >= 0.3 is 0 Å². The Balaban J connectivity index is 2.63. The molecule has 1 aliphatic heterocycles. The van der Waals surface area contributed by atoms with Gasteiger partial charge < -0.3 is 5.73 Å². The SMILES string of the molecule is CCCC(CN)N1CCS(=O)(=O)CC1C. The fourth-order valence-corrected chi connectivity index (χ4v) is 3.89. The molecular weight excluding hydrogens is 212 g/mol. The average molecular weight is 234 g/mol. The van der Waals surface area contributed by atoms with E-state index in [-0.39, 0.29) is 17.5 Å². The summed E-state index contributed by atoms with van der Waals surface area (Å²) in [6.45, 7) is 5.38. The molecule has 1 aliphatic rings. The molecule has 0 aromatic heterocycles. The smallest absolute Gasteiger partial charge is 0.153 e. The number of nitrogens with two attached hydrogens (primary N) is 1. The molecule has 90 valence electrons. The molecule has 4 nitrogen and oxygen atoms in total. The predicted molar refractivity (Wildman–Crippen MR) is 62.6 cm³/mol. The standard InChI is InChI=1S/C10H22N2O2S/c1-3-4-10(7-11)12-5-6-15(13,14)8-9(12)2/h9-10H,3-8,11H2,1-2H3. The largest absolute Gasteiger partial charge is 0.329 e. The van der Waals surface area contributed by atoms with Crippen LogP contribution in [0.5, 0.6) is 0 Å². The van der Waals surface area contributed by atoms with Crippen molar-refractivity contribution in [2.45, 2.75) is 38.8 Å². The van der Waals surface area contributed by atoms with Crippen molar-refractivity contribution in [2.24, 2.45) is 5.73 Å². The Labute approximate surface area is 92.7 Å². The van der Waals surface area contributed by atoms with E-state index < -0.39 is 9.84 Å². The molecule has 0 aromatic carbocycles. The van der Waals surface area contributed by atoms with Crippen molar-refractivity contribution in [1.82, 2.24) is 4.90 Å². The van der Waals surface area contributed by atoms with Gasteiger partial charge in [-0.2, -0.15) is 0 Å². The highest BCUT2D eigenvalue weighted by atomic mass is 32.2. The quantitative estimate of drug-likeness (QED) is 0.756. The van der Waals surface area contributed by atoms with E-state index in [0.29, 0.717) is 19.1 Å². The molecule has 2 N–H and O–H groups in total. The van der Waals surface area contributed by atoms with Gasteiger partial charge in [0.1, 0.15) is 0 Å². The van der Waals surface area contributed by atoms with Gasteiger partial charge in [0, 0.05) is 25.2 Å². The summed E-state index contributed by atoms with van der Waals surface area (Å²) in [5.74, 6) is 0.574. The number of sulfone groups is 1. The lowest BCUT2D eigenvalue weighted by molar-refractivity contribution is 0.153. The van der Waals surface area contributed by atoms with Crippen molar-refractivity contribution in [1.29, 1.82) is 0 Å². The molecule has 15 heavy (non-hydrogen) atoms. The van der Waals surface area contributed by atoms with Crippen LogP contribution in [0.2, 0.25) is 0 Å². The molecule has 0 aliphatic carbocycles. The van der Waals surface area contributed by atoms with Crippen LogP contribution in [-0.2, 0) is 9.84 Å². The van der Waals surface area contributed by atoms with Crippen molar-refractivity contribution in [3.63, 3.8) is 0 Å². The number of hydrogen-bond acceptors (Lipinski definition) is 4. The molecule has 0 amide bonds. The molecule has 2 unspecified atom stereocenters. The Bertz CT molecular complexity index is 290. The Morgan fingerprint density at radius 3 is 2.67 bits per heavy atom. The van der Waals surface area contributed by atoms with Gasteiger partial charge in [0.05, 0.1) is 11.5 Å². The summed E-state index contributed by atoms with van der Waals surface area (Å²) in [6.07, 6.45) is 2.15. The van der Waals surface area contributed by atoms with Gasteiger partial charge in [0.25, 0.3) is 0 Å². The molecule has 0 saturated carbocycles. The molecule has 2 atom stereocenters. The maximum Gasteiger partial charge on any atom is 0.153 e. The molecular formula is C10H22N2O2S. The molecule has 0 bridgehead atoms. The third-order valence-corrected chi connectivity index (χ3v) is 4.88. The summed E-state index contributed by atoms with van der Waals surface area (Å²) in [5, 5.41) is 0.